The lowest BCUT2D eigenvalue weighted by molar-refractivity contribution is 0.0951. The first-order valence-corrected chi connectivity index (χ1v) is 9.89. The molecule has 4 rings (SSSR count). The molecule has 27 heavy (non-hydrogen) atoms. The minimum absolute atomic E-state index is 0.0248. The first kappa shape index (κ1) is 17.8. The quantitative estimate of drug-likeness (QED) is 0.717. The fourth-order valence-corrected chi connectivity index (χ4v) is 4.04. The summed E-state index contributed by atoms with van der Waals surface area (Å²) in [4.78, 5) is 34.1. The highest BCUT2D eigenvalue weighted by molar-refractivity contribution is 7.09. The molecule has 0 spiro atoms. The lowest BCUT2D eigenvalue weighted by atomic mass is 10.1. The van der Waals surface area contributed by atoms with E-state index in [0.29, 0.717) is 35.2 Å². The Bertz CT molecular complexity index is 1060. The summed E-state index contributed by atoms with van der Waals surface area (Å²) < 4.78 is 1.77. The molecule has 8 heteroatoms. The number of nitrogens with one attached hydrogen (secondary N) is 1. The maximum atomic E-state index is 12.7. The zero-order valence-corrected chi connectivity index (χ0v) is 15.6. The van der Waals surface area contributed by atoms with Crippen LogP contribution in [0.3, 0.4) is 0 Å². The van der Waals surface area contributed by atoms with E-state index in [4.69, 9.17) is 5.11 Å². The van der Waals surface area contributed by atoms with E-state index in [9.17, 15) is 9.59 Å². The summed E-state index contributed by atoms with van der Waals surface area (Å²) in [6.45, 7) is 0.894. The fourth-order valence-electron chi connectivity index (χ4n) is 3.32. The number of hydrogen-bond donors (Lipinski definition) is 2. The summed E-state index contributed by atoms with van der Waals surface area (Å²) in [5.74, 6) is 0.566. The summed E-state index contributed by atoms with van der Waals surface area (Å²) in [5, 5.41) is 14.9. The molecule has 0 bridgehead atoms. The van der Waals surface area contributed by atoms with Crippen LogP contribution >= 0.6 is 11.3 Å². The minimum atomic E-state index is -0.241. The molecule has 0 aliphatic carbocycles. The molecule has 140 valence electrons. The Hall–Kier alpha value is -2.58. The molecule has 1 amide bonds. The molecule has 0 unspecified atom stereocenters. The van der Waals surface area contributed by atoms with E-state index >= 15 is 0 Å². The number of carbonyl (C=O) groups excluding carboxylic acids is 1. The van der Waals surface area contributed by atoms with Crippen molar-refractivity contribution in [3.05, 3.63) is 56.0 Å². The third kappa shape index (κ3) is 3.63. The number of aliphatic hydroxyl groups is 1. The van der Waals surface area contributed by atoms with Gasteiger partial charge in [-0.05, 0) is 31.0 Å². The van der Waals surface area contributed by atoms with E-state index in [1.54, 1.807) is 28.1 Å². The second kappa shape index (κ2) is 7.58. The van der Waals surface area contributed by atoms with Crippen LogP contribution in [0.5, 0.6) is 0 Å². The molecule has 0 fully saturated rings. The van der Waals surface area contributed by atoms with Gasteiger partial charge in [-0.25, -0.2) is 9.97 Å². The maximum absolute atomic E-state index is 12.7. The van der Waals surface area contributed by atoms with Crippen molar-refractivity contribution in [3.8, 4) is 0 Å². The molecule has 0 saturated heterocycles. The van der Waals surface area contributed by atoms with Crippen molar-refractivity contribution in [1.82, 2.24) is 19.9 Å². The van der Waals surface area contributed by atoms with Crippen molar-refractivity contribution in [2.24, 2.45) is 0 Å². The topological polar surface area (TPSA) is 97.1 Å². The van der Waals surface area contributed by atoms with E-state index in [2.05, 4.69) is 15.3 Å². The van der Waals surface area contributed by atoms with E-state index in [1.165, 1.54) is 11.3 Å². The van der Waals surface area contributed by atoms with Crippen molar-refractivity contribution >= 4 is 28.1 Å². The summed E-state index contributed by atoms with van der Waals surface area (Å²) in [6, 6.07) is 5.02. The van der Waals surface area contributed by atoms with Crippen LogP contribution < -0.4 is 10.9 Å². The van der Waals surface area contributed by atoms with Gasteiger partial charge in [0.15, 0.2) is 0 Å². The highest BCUT2D eigenvalue weighted by Gasteiger charge is 2.15. The van der Waals surface area contributed by atoms with Crippen LogP contribution in [0, 0.1) is 0 Å². The average Bonchev–Trinajstić information content (AvgIpc) is 3.02. The average molecular weight is 384 g/mol. The smallest absolute Gasteiger partial charge is 0.261 e. The number of thiazole rings is 1. The van der Waals surface area contributed by atoms with Crippen molar-refractivity contribution < 1.29 is 9.90 Å². The normalized spacial score (nSPS) is 14.0. The number of amides is 1. The van der Waals surface area contributed by atoms with E-state index in [1.807, 2.05) is 0 Å². The predicted octanol–water partition coefficient (Wildman–Crippen LogP) is 2.00. The number of rotatable bonds is 4. The molecule has 0 atom stereocenters. The van der Waals surface area contributed by atoms with Crippen molar-refractivity contribution in [2.75, 3.05) is 0 Å². The number of hydrogen-bond acceptors (Lipinski definition) is 6. The second-order valence-corrected chi connectivity index (χ2v) is 7.54. The maximum Gasteiger partial charge on any atom is 0.261 e. The van der Waals surface area contributed by atoms with Gasteiger partial charge in [0.25, 0.3) is 11.5 Å². The lowest BCUT2D eigenvalue weighted by Crippen LogP contribution is -2.25. The Labute approximate surface area is 159 Å². The number of aromatic nitrogens is 3. The van der Waals surface area contributed by atoms with E-state index < -0.39 is 0 Å². The molecule has 2 N–H and O–H groups in total. The number of nitrogens with zero attached hydrogens (tertiary/aromatic N) is 3. The largest absolute Gasteiger partial charge is 0.390 e. The zero-order chi connectivity index (χ0) is 18.8. The van der Waals surface area contributed by atoms with Crippen LogP contribution in [-0.4, -0.2) is 25.5 Å². The van der Waals surface area contributed by atoms with Crippen molar-refractivity contribution in [2.45, 2.75) is 45.4 Å². The third-order valence-electron chi connectivity index (χ3n) is 4.74. The SMILES string of the molecule is O=C(NCc1nc(CO)cs1)c1ccc2c(=O)n3c(nc2c1)CCCCC3. The van der Waals surface area contributed by atoms with Gasteiger partial charge in [0, 0.05) is 23.9 Å². The van der Waals surface area contributed by atoms with Crippen LogP contribution in [-0.2, 0) is 26.1 Å². The lowest BCUT2D eigenvalue weighted by Gasteiger charge is -2.11. The number of carbonyl (C=O) groups is 1. The Kier molecular flexibility index (Phi) is 5.00. The summed E-state index contributed by atoms with van der Waals surface area (Å²) in [5.41, 5.74) is 1.60. The molecule has 7 nitrogen and oxygen atoms in total. The summed E-state index contributed by atoms with van der Waals surface area (Å²) in [7, 11) is 0. The Morgan fingerprint density at radius 2 is 2.15 bits per heavy atom. The molecule has 3 aromatic rings. The molecule has 2 aromatic heterocycles. The van der Waals surface area contributed by atoms with Gasteiger partial charge in [0.1, 0.15) is 10.8 Å². The highest BCUT2D eigenvalue weighted by atomic mass is 32.1. The first-order valence-electron chi connectivity index (χ1n) is 9.01. The number of aliphatic hydroxyl groups excluding tert-OH is 1. The van der Waals surface area contributed by atoms with Gasteiger partial charge in [-0.15, -0.1) is 11.3 Å². The number of fused-ring (bicyclic) bond motifs is 2. The van der Waals surface area contributed by atoms with Crippen LogP contribution in [0.15, 0.2) is 28.4 Å². The van der Waals surface area contributed by atoms with Crippen LogP contribution in [0.4, 0.5) is 0 Å². The van der Waals surface area contributed by atoms with Gasteiger partial charge in [-0.2, -0.15) is 0 Å². The van der Waals surface area contributed by atoms with Gasteiger partial charge in [0.05, 0.1) is 29.7 Å². The van der Waals surface area contributed by atoms with Crippen molar-refractivity contribution in [3.63, 3.8) is 0 Å². The standard InChI is InChI=1S/C19H20N4O3S/c24-10-13-11-27-17(21-13)9-20-18(25)12-5-6-14-15(8-12)22-16-4-2-1-3-7-23(16)19(14)26/h5-6,8,11,24H,1-4,7,9-10H2,(H,20,25). The fraction of sp³-hybridized carbons (Fsp3) is 0.368. The molecule has 1 aromatic carbocycles. The van der Waals surface area contributed by atoms with Crippen LogP contribution in [0.25, 0.3) is 10.9 Å². The Morgan fingerprint density at radius 3 is 2.96 bits per heavy atom. The predicted molar refractivity (Wildman–Crippen MR) is 103 cm³/mol. The van der Waals surface area contributed by atoms with E-state index in [0.717, 1.165) is 36.5 Å². The Morgan fingerprint density at radius 1 is 1.26 bits per heavy atom. The van der Waals surface area contributed by atoms with Gasteiger partial charge in [0.2, 0.25) is 0 Å². The van der Waals surface area contributed by atoms with Crippen LogP contribution in [0.2, 0.25) is 0 Å². The van der Waals surface area contributed by atoms with E-state index in [-0.39, 0.29) is 18.1 Å². The first-order chi connectivity index (χ1) is 13.2. The number of aryl methyl sites for hydroxylation is 1. The number of benzene rings is 1. The minimum Gasteiger partial charge on any atom is -0.390 e. The van der Waals surface area contributed by atoms with Gasteiger partial charge in [-0.3, -0.25) is 14.2 Å². The third-order valence-corrected chi connectivity index (χ3v) is 5.64. The molecule has 1 aliphatic rings. The molecule has 0 radical (unpaired) electrons. The van der Waals surface area contributed by atoms with Gasteiger partial charge >= 0.3 is 0 Å². The highest BCUT2D eigenvalue weighted by Crippen LogP contribution is 2.17. The summed E-state index contributed by atoms with van der Waals surface area (Å²) >= 11 is 1.39. The molecular formula is C19H20N4O3S. The van der Waals surface area contributed by atoms with Crippen LogP contribution in [0.1, 0.15) is 46.1 Å². The Balaban J connectivity index is 1.58. The molecular weight excluding hydrogens is 364 g/mol. The second-order valence-electron chi connectivity index (χ2n) is 6.60. The molecule has 0 saturated carbocycles. The van der Waals surface area contributed by atoms with Gasteiger partial charge < -0.3 is 10.4 Å². The summed E-state index contributed by atoms with van der Waals surface area (Å²) in [6.07, 6.45) is 3.91. The molecule has 3 heterocycles. The molecule has 1 aliphatic heterocycles. The zero-order valence-electron chi connectivity index (χ0n) is 14.8. The van der Waals surface area contributed by atoms with Crippen molar-refractivity contribution in [1.29, 1.82) is 0 Å². The van der Waals surface area contributed by atoms with Gasteiger partial charge in [-0.1, -0.05) is 6.42 Å². The monoisotopic (exact) mass is 384 g/mol.